The lowest BCUT2D eigenvalue weighted by Gasteiger charge is -2.11. The number of nitriles is 1. The highest BCUT2D eigenvalue weighted by Gasteiger charge is 2.15. The summed E-state index contributed by atoms with van der Waals surface area (Å²) in [5.74, 6) is 0.883. The Kier molecular flexibility index (Phi) is 3.92. The minimum atomic E-state index is -0.0578. The standard InChI is InChI=1S/C20H21N3/c1-13-6-5-7-17(8-13)20-22-18-9-15(3)16(4)10-19(18)23(20)12-14(2)11-21/h5-10,14H,12H2,1-4H3. The van der Waals surface area contributed by atoms with Crippen molar-refractivity contribution in [1.29, 1.82) is 5.26 Å². The van der Waals surface area contributed by atoms with E-state index in [0.717, 1.165) is 22.4 Å². The second kappa shape index (κ2) is 5.89. The third-order valence-electron chi connectivity index (χ3n) is 4.32. The van der Waals surface area contributed by atoms with E-state index >= 15 is 0 Å². The molecule has 116 valence electrons. The highest BCUT2D eigenvalue weighted by atomic mass is 15.1. The topological polar surface area (TPSA) is 41.6 Å². The van der Waals surface area contributed by atoms with E-state index in [4.69, 9.17) is 4.98 Å². The minimum Gasteiger partial charge on any atom is -0.323 e. The average Bonchev–Trinajstić information content (AvgIpc) is 2.85. The van der Waals surface area contributed by atoms with Crippen molar-refractivity contribution in [1.82, 2.24) is 9.55 Å². The van der Waals surface area contributed by atoms with Crippen LogP contribution in [0.2, 0.25) is 0 Å². The molecule has 0 amide bonds. The van der Waals surface area contributed by atoms with E-state index < -0.39 is 0 Å². The van der Waals surface area contributed by atoms with Gasteiger partial charge in [-0.05, 0) is 57.0 Å². The third-order valence-corrected chi connectivity index (χ3v) is 4.32. The monoisotopic (exact) mass is 303 g/mol. The van der Waals surface area contributed by atoms with Crippen molar-refractivity contribution in [2.24, 2.45) is 5.92 Å². The number of nitrogens with zero attached hydrogens (tertiary/aromatic N) is 3. The molecule has 23 heavy (non-hydrogen) atoms. The van der Waals surface area contributed by atoms with Crippen LogP contribution in [-0.2, 0) is 6.54 Å². The van der Waals surface area contributed by atoms with Crippen LogP contribution in [-0.4, -0.2) is 9.55 Å². The summed E-state index contributed by atoms with van der Waals surface area (Å²) < 4.78 is 2.18. The van der Waals surface area contributed by atoms with Crippen molar-refractivity contribution < 1.29 is 0 Å². The van der Waals surface area contributed by atoms with Gasteiger partial charge in [-0.1, -0.05) is 23.8 Å². The lowest BCUT2D eigenvalue weighted by atomic mass is 10.1. The van der Waals surface area contributed by atoms with Crippen molar-refractivity contribution in [3.8, 4) is 17.5 Å². The number of benzene rings is 2. The molecule has 1 heterocycles. The summed E-state index contributed by atoms with van der Waals surface area (Å²) in [6, 6.07) is 15.0. The van der Waals surface area contributed by atoms with E-state index in [1.807, 2.05) is 6.92 Å². The van der Waals surface area contributed by atoms with Crippen LogP contribution in [0.5, 0.6) is 0 Å². The van der Waals surface area contributed by atoms with Gasteiger partial charge >= 0.3 is 0 Å². The summed E-state index contributed by atoms with van der Waals surface area (Å²) in [6.45, 7) is 8.92. The molecule has 0 radical (unpaired) electrons. The zero-order valence-corrected chi connectivity index (χ0v) is 14.1. The molecule has 3 aromatic rings. The summed E-state index contributed by atoms with van der Waals surface area (Å²) in [7, 11) is 0. The first-order valence-electron chi connectivity index (χ1n) is 7.93. The van der Waals surface area contributed by atoms with Crippen LogP contribution in [0, 0.1) is 38.0 Å². The lowest BCUT2D eigenvalue weighted by molar-refractivity contribution is 0.597. The number of hydrogen-bond donors (Lipinski definition) is 0. The van der Waals surface area contributed by atoms with Gasteiger partial charge in [-0.2, -0.15) is 5.26 Å². The molecule has 0 spiro atoms. The average molecular weight is 303 g/mol. The molecule has 1 atom stereocenters. The summed E-state index contributed by atoms with van der Waals surface area (Å²) in [5.41, 5.74) is 6.90. The quantitative estimate of drug-likeness (QED) is 0.698. The normalized spacial score (nSPS) is 12.3. The molecule has 0 aliphatic rings. The molecule has 0 bridgehead atoms. The fourth-order valence-corrected chi connectivity index (χ4v) is 2.88. The molecule has 3 nitrogen and oxygen atoms in total. The van der Waals surface area contributed by atoms with Crippen LogP contribution >= 0.6 is 0 Å². The Balaban J connectivity index is 2.27. The summed E-state index contributed by atoms with van der Waals surface area (Å²) in [4.78, 5) is 4.87. The number of rotatable bonds is 3. The molecule has 0 saturated carbocycles. The SMILES string of the molecule is Cc1cccc(-c2nc3cc(C)c(C)cc3n2CC(C)C#N)c1. The van der Waals surface area contributed by atoms with Gasteiger partial charge in [-0.3, -0.25) is 0 Å². The molecule has 0 aliphatic carbocycles. The second-order valence-corrected chi connectivity index (χ2v) is 6.37. The van der Waals surface area contributed by atoms with Crippen molar-refractivity contribution in [2.45, 2.75) is 34.2 Å². The van der Waals surface area contributed by atoms with E-state index in [1.165, 1.54) is 16.7 Å². The van der Waals surface area contributed by atoms with Crippen LogP contribution < -0.4 is 0 Å². The van der Waals surface area contributed by atoms with Crippen LogP contribution in [0.25, 0.3) is 22.4 Å². The fraction of sp³-hybridized carbons (Fsp3) is 0.300. The predicted molar refractivity (Wildman–Crippen MR) is 94.2 cm³/mol. The second-order valence-electron chi connectivity index (χ2n) is 6.37. The maximum absolute atomic E-state index is 9.23. The molecule has 0 fully saturated rings. The molecule has 0 saturated heterocycles. The first-order valence-corrected chi connectivity index (χ1v) is 7.93. The zero-order chi connectivity index (χ0) is 16.6. The summed E-state index contributed by atoms with van der Waals surface area (Å²) >= 11 is 0. The van der Waals surface area contributed by atoms with E-state index in [-0.39, 0.29) is 5.92 Å². The molecule has 2 aromatic carbocycles. The molecule has 3 heteroatoms. The maximum Gasteiger partial charge on any atom is 0.141 e. The van der Waals surface area contributed by atoms with E-state index in [0.29, 0.717) is 6.54 Å². The molecular weight excluding hydrogens is 282 g/mol. The van der Waals surface area contributed by atoms with Gasteiger partial charge in [0.25, 0.3) is 0 Å². The van der Waals surface area contributed by atoms with Gasteiger partial charge in [0, 0.05) is 12.1 Å². The van der Waals surface area contributed by atoms with E-state index in [2.05, 4.69) is 67.8 Å². The van der Waals surface area contributed by atoms with Gasteiger partial charge in [0.15, 0.2) is 0 Å². The molecule has 0 N–H and O–H groups in total. The minimum absolute atomic E-state index is 0.0578. The maximum atomic E-state index is 9.23. The van der Waals surface area contributed by atoms with Gasteiger partial charge in [0.05, 0.1) is 23.0 Å². The van der Waals surface area contributed by atoms with Gasteiger partial charge in [-0.25, -0.2) is 4.98 Å². The number of imidazole rings is 1. The largest absolute Gasteiger partial charge is 0.323 e. The van der Waals surface area contributed by atoms with Crippen molar-refractivity contribution in [2.75, 3.05) is 0 Å². The summed E-state index contributed by atoms with van der Waals surface area (Å²) in [6.07, 6.45) is 0. The lowest BCUT2D eigenvalue weighted by Crippen LogP contribution is -2.07. The van der Waals surface area contributed by atoms with E-state index in [9.17, 15) is 5.26 Å². The van der Waals surface area contributed by atoms with Gasteiger partial charge < -0.3 is 4.57 Å². The predicted octanol–water partition coefficient (Wildman–Crippen LogP) is 4.79. The Morgan fingerprint density at radius 1 is 1.13 bits per heavy atom. The van der Waals surface area contributed by atoms with Crippen LogP contribution in [0.4, 0.5) is 0 Å². The number of fused-ring (bicyclic) bond motifs is 1. The van der Waals surface area contributed by atoms with Crippen molar-refractivity contribution >= 4 is 11.0 Å². The Morgan fingerprint density at radius 2 is 1.87 bits per heavy atom. The molecule has 0 aliphatic heterocycles. The van der Waals surface area contributed by atoms with E-state index in [1.54, 1.807) is 0 Å². The summed E-state index contributed by atoms with van der Waals surface area (Å²) in [5, 5.41) is 9.23. The highest BCUT2D eigenvalue weighted by Crippen LogP contribution is 2.28. The van der Waals surface area contributed by atoms with Crippen LogP contribution in [0.15, 0.2) is 36.4 Å². The Morgan fingerprint density at radius 3 is 2.57 bits per heavy atom. The fourth-order valence-electron chi connectivity index (χ4n) is 2.88. The van der Waals surface area contributed by atoms with Gasteiger partial charge in [-0.15, -0.1) is 0 Å². The van der Waals surface area contributed by atoms with Crippen LogP contribution in [0.1, 0.15) is 23.6 Å². The third kappa shape index (κ3) is 2.85. The number of hydrogen-bond acceptors (Lipinski definition) is 2. The zero-order valence-electron chi connectivity index (χ0n) is 14.1. The molecular formula is C20H21N3. The molecule has 3 rings (SSSR count). The Labute approximate surface area is 137 Å². The van der Waals surface area contributed by atoms with Crippen molar-refractivity contribution in [3.05, 3.63) is 53.1 Å². The molecule has 1 aromatic heterocycles. The van der Waals surface area contributed by atoms with Gasteiger partial charge in [0.2, 0.25) is 0 Å². The first-order chi connectivity index (χ1) is 11.0. The van der Waals surface area contributed by atoms with Crippen LogP contribution in [0.3, 0.4) is 0 Å². The van der Waals surface area contributed by atoms with Gasteiger partial charge in [0.1, 0.15) is 5.82 Å². The Bertz CT molecular complexity index is 913. The number of aromatic nitrogens is 2. The highest BCUT2D eigenvalue weighted by molar-refractivity contribution is 5.82. The molecule has 1 unspecified atom stereocenters. The number of aryl methyl sites for hydroxylation is 3. The Hall–Kier alpha value is -2.60. The first kappa shape index (κ1) is 15.3. The van der Waals surface area contributed by atoms with Crippen molar-refractivity contribution in [3.63, 3.8) is 0 Å². The smallest absolute Gasteiger partial charge is 0.141 e.